The van der Waals surface area contributed by atoms with Gasteiger partial charge in [-0.05, 0) is 54.8 Å². The van der Waals surface area contributed by atoms with Gasteiger partial charge in [0, 0.05) is 42.3 Å². The largest absolute Gasteiger partial charge is 0.445 e. The molecule has 3 aromatic carbocycles. The fourth-order valence-corrected chi connectivity index (χ4v) is 6.90. The zero-order valence-corrected chi connectivity index (χ0v) is 28.6. The molecule has 9 nitrogen and oxygen atoms in total. The number of hydrogen-bond donors (Lipinski definition) is 1. The van der Waals surface area contributed by atoms with Crippen LogP contribution >= 0.6 is 11.3 Å². The lowest BCUT2D eigenvalue weighted by Gasteiger charge is -2.42. The highest BCUT2D eigenvalue weighted by molar-refractivity contribution is 7.10. The van der Waals surface area contributed by atoms with Gasteiger partial charge in [0.2, 0.25) is 0 Å². The Labute approximate surface area is 288 Å². The number of benzene rings is 3. The molecule has 4 atom stereocenters. The van der Waals surface area contributed by atoms with E-state index in [9.17, 15) is 14.4 Å². The lowest BCUT2D eigenvalue weighted by atomic mass is 9.79. The summed E-state index contributed by atoms with van der Waals surface area (Å²) in [6.45, 7) is 6.69. The average molecular weight is 685 g/mol. The molecular formula is C37H38F2N6O3S. The van der Waals surface area contributed by atoms with E-state index in [0.29, 0.717) is 28.9 Å². The van der Waals surface area contributed by atoms with Gasteiger partial charge in [-0.3, -0.25) is 0 Å². The molecule has 5 rings (SSSR count). The minimum atomic E-state index is -1.97. The van der Waals surface area contributed by atoms with Crippen molar-refractivity contribution in [3.8, 4) is 17.3 Å². The fraction of sp³-hybridized carbons (Fsp3) is 0.324. The Kier molecular flexibility index (Phi) is 11.6. The van der Waals surface area contributed by atoms with Crippen LogP contribution in [0.1, 0.15) is 84.2 Å². The van der Waals surface area contributed by atoms with Crippen molar-refractivity contribution in [2.75, 3.05) is 7.11 Å². The number of carbonyl (C=O) groups is 1. The summed E-state index contributed by atoms with van der Waals surface area (Å²) in [5.74, 6) is -3.35. The van der Waals surface area contributed by atoms with Gasteiger partial charge < -0.3 is 14.8 Å². The van der Waals surface area contributed by atoms with Gasteiger partial charge in [0.15, 0.2) is 11.8 Å². The predicted molar refractivity (Wildman–Crippen MR) is 182 cm³/mol. The van der Waals surface area contributed by atoms with E-state index in [4.69, 9.17) is 14.5 Å². The number of halogens is 2. The Balaban J connectivity index is 1.59. The van der Waals surface area contributed by atoms with Crippen LogP contribution in [-0.2, 0) is 21.6 Å². The number of carbonyl (C=O) groups excluding carboxylic acids is 1. The summed E-state index contributed by atoms with van der Waals surface area (Å²) in [4.78, 5) is 23.1. The van der Waals surface area contributed by atoms with Crippen LogP contribution in [0.4, 0.5) is 8.78 Å². The van der Waals surface area contributed by atoms with E-state index >= 15 is 4.39 Å². The third kappa shape index (κ3) is 7.75. The van der Waals surface area contributed by atoms with E-state index in [1.165, 1.54) is 41.8 Å². The Morgan fingerprint density at radius 1 is 1.10 bits per heavy atom. The summed E-state index contributed by atoms with van der Waals surface area (Å²) in [6.07, 6.45) is 4.57. The first-order chi connectivity index (χ1) is 23.7. The number of esters is 1. The van der Waals surface area contributed by atoms with Gasteiger partial charge in [-0.2, -0.15) is 10.4 Å². The maximum absolute atomic E-state index is 16.1. The van der Waals surface area contributed by atoms with Crippen LogP contribution in [0, 0.1) is 23.0 Å². The molecule has 0 aliphatic carbocycles. The monoisotopic (exact) mass is 684 g/mol. The molecule has 0 bridgehead atoms. The van der Waals surface area contributed by atoms with E-state index in [1.807, 2.05) is 17.5 Å². The minimum absolute atomic E-state index is 0.130. The van der Waals surface area contributed by atoms with Crippen molar-refractivity contribution < 1.29 is 23.0 Å². The number of rotatable bonds is 15. The van der Waals surface area contributed by atoms with Crippen molar-refractivity contribution in [3.63, 3.8) is 0 Å². The maximum Gasteiger partial charge on any atom is 0.339 e. The topological polar surface area (TPSA) is 115 Å². The van der Waals surface area contributed by atoms with Gasteiger partial charge in [-0.25, -0.2) is 28.2 Å². The standard InChI is InChI=1S/C37H38F2N6O3S/c1-5-7-30(6-2)42-20-26-10-14-28(15-11-26)35(46)48-37(31-17-16-29(38)18-32(31)39,36(47-4)45-23-41-22-43-45)24(3)34-44-33(21-49-34)27-12-8-25(19-40)9-13-27/h8-18,21-24,30,36,42H,5-7,20H2,1-4H3/t24-,30?,36?,37+/m0/s1. The highest BCUT2D eigenvalue weighted by Crippen LogP contribution is 2.50. The van der Waals surface area contributed by atoms with Crippen molar-refractivity contribution in [3.05, 3.63) is 124 Å². The van der Waals surface area contributed by atoms with Gasteiger partial charge in [-0.1, -0.05) is 51.5 Å². The molecule has 0 aliphatic heterocycles. The van der Waals surface area contributed by atoms with Crippen molar-refractivity contribution in [1.29, 1.82) is 5.26 Å². The lowest BCUT2D eigenvalue weighted by Crippen LogP contribution is -2.47. The van der Waals surface area contributed by atoms with Gasteiger partial charge in [0.1, 0.15) is 29.3 Å². The molecule has 0 aliphatic rings. The summed E-state index contributed by atoms with van der Waals surface area (Å²) in [5, 5.41) is 19.3. The molecule has 49 heavy (non-hydrogen) atoms. The van der Waals surface area contributed by atoms with Gasteiger partial charge in [0.05, 0.1) is 28.8 Å². The molecule has 0 amide bonds. The second-order valence-electron chi connectivity index (χ2n) is 11.7. The quantitative estimate of drug-likeness (QED) is 0.111. The lowest BCUT2D eigenvalue weighted by molar-refractivity contribution is -0.162. The normalized spacial score (nSPS) is 14.4. The van der Waals surface area contributed by atoms with Crippen LogP contribution in [0.5, 0.6) is 0 Å². The summed E-state index contributed by atoms with van der Waals surface area (Å²) in [5.41, 5.74) is 1.01. The Morgan fingerprint density at radius 2 is 1.86 bits per heavy atom. The van der Waals surface area contributed by atoms with Crippen LogP contribution in [0.25, 0.3) is 11.3 Å². The first kappa shape index (κ1) is 35.5. The van der Waals surface area contributed by atoms with Crippen LogP contribution in [0.2, 0.25) is 0 Å². The summed E-state index contributed by atoms with van der Waals surface area (Å²) in [7, 11) is 1.39. The highest BCUT2D eigenvalue weighted by Gasteiger charge is 2.54. The number of methoxy groups -OCH3 is 1. The van der Waals surface area contributed by atoms with Gasteiger partial charge in [0.25, 0.3) is 0 Å². The summed E-state index contributed by atoms with van der Waals surface area (Å²) >= 11 is 1.28. The molecule has 0 radical (unpaired) electrons. The van der Waals surface area contributed by atoms with E-state index in [-0.39, 0.29) is 11.1 Å². The first-order valence-electron chi connectivity index (χ1n) is 16.1. The second-order valence-corrected chi connectivity index (χ2v) is 12.6. The maximum atomic E-state index is 16.1. The molecule has 12 heteroatoms. The highest BCUT2D eigenvalue weighted by atomic mass is 32.1. The van der Waals surface area contributed by atoms with E-state index in [1.54, 1.807) is 43.3 Å². The molecule has 2 unspecified atom stereocenters. The Hall–Kier alpha value is -4.83. The van der Waals surface area contributed by atoms with E-state index in [2.05, 4.69) is 35.3 Å². The molecule has 0 spiro atoms. The number of aromatic nitrogens is 4. The summed E-state index contributed by atoms with van der Waals surface area (Å²) in [6, 6.07) is 19.6. The summed E-state index contributed by atoms with van der Waals surface area (Å²) < 4.78 is 44.2. The van der Waals surface area contributed by atoms with E-state index < -0.39 is 35.4 Å². The zero-order chi connectivity index (χ0) is 35.0. The number of nitrogens with zero attached hydrogens (tertiary/aromatic N) is 5. The fourth-order valence-electron chi connectivity index (χ4n) is 5.95. The van der Waals surface area contributed by atoms with Crippen molar-refractivity contribution in [2.45, 2.75) is 70.4 Å². The third-order valence-corrected chi connectivity index (χ3v) is 9.67. The molecule has 0 saturated heterocycles. The van der Waals surface area contributed by atoms with Crippen molar-refractivity contribution in [2.24, 2.45) is 0 Å². The predicted octanol–water partition coefficient (Wildman–Crippen LogP) is 7.92. The molecule has 5 aromatic rings. The SMILES string of the molecule is CCCC(CC)NCc1ccc(C(=O)O[C@](c2ccc(F)cc2F)(C(OC)n2cncn2)[C@@H](C)c2nc(-c3ccc(C#N)cc3)cs2)cc1. The smallest absolute Gasteiger partial charge is 0.339 e. The van der Waals surface area contributed by atoms with Crippen LogP contribution in [0.15, 0.2) is 84.8 Å². The molecule has 0 saturated carbocycles. The number of ether oxygens (including phenoxy) is 2. The van der Waals surface area contributed by atoms with Gasteiger partial charge in [-0.15, -0.1) is 11.3 Å². The van der Waals surface area contributed by atoms with Crippen molar-refractivity contribution in [1.82, 2.24) is 25.1 Å². The molecule has 0 fully saturated rings. The molecule has 254 valence electrons. The number of hydrogen-bond acceptors (Lipinski definition) is 9. The zero-order valence-electron chi connectivity index (χ0n) is 27.8. The molecular weight excluding hydrogens is 647 g/mol. The van der Waals surface area contributed by atoms with Crippen LogP contribution < -0.4 is 5.32 Å². The van der Waals surface area contributed by atoms with Crippen LogP contribution in [-0.4, -0.2) is 38.9 Å². The average Bonchev–Trinajstić information content (AvgIpc) is 3.84. The number of nitrogens with one attached hydrogen (secondary N) is 1. The van der Waals surface area contributed by atoms with E-state index in [0.717, 1.165) is 42.5 Å². The molecule has 1 N–H and O–H groups in total. The minimum Gasteiger partial charge on any atom is -0.445 e. The first-order valence-corrected chi connectivity index (χ1v) is 17.0. The molecule has 2 aromatic heterocycles. The van der Waals surface area contributed by atoms with Crippen LogP contribution in [0.3, 0.4) is 0 Å². The van der Waals surface area contributed by atoms with Gasteiger partial charge >= 0.3 is 5.97 Å². The second kappa shape index (κ2) is 16.0. The van der Waals surface area contributed by atoms with Crippen molar-refractivity contribution >= 4 is 17.3 Å². The Morgan fingerprint density at radius 3 is 2.47 bits per heavy atom. The molecule has 2 heterocycles. The third-order valence-electron chi connectivity index (χ3n) is 8.64. The number of thiazole rings is 1. The number of nitriles is 1. The Bertz CT molecular complexity index is 1880.